The van der Waals surface area contributed by atoms with E-state index in [0.29, 0.717) is 18.2 Å². The van der Waals surface area contributed by atoms with Gasteiger partial charge in [-0.3, -0.25) is 4.90 Å². The molecule has 1 aromatic rings. The minimum Gasteiger partial charge on any atom is -0.374 e. The molecular formula is C15H23BrN2OS. The van der Waals surface area contributed by atoms with Gasteiger partial charge in [-0.2, -0.15) is 0 Å². The Morgan fingerprint density at radius 1 is 1.55 bits per heavy atom. The third-order valence-electron chi connectivity index (χ3n) is 4.38. The summed E-state index contributed by atoms with van der Waals surface area (Å²) in [6.07, 6.45) is 4.04. The minimum absolute atomic E-state index is 0.324. The standard InChI is InChI=1S/C15H23BrN2OS/c1-2-17-13(8-12-5-6-15(16)20-12)14-9-18-7-3-4-11(18)10-19-14/h5-6,11,13-14,17H,2-4,7-10H2,1H3. The van der Waals surface area contributed by atoms with Crippen LogP contribution >= 0.6 is 27.3 Å². The van der Waals surface area contributed by atoms with Crippen molar-refractivity contribution in [3.8, 4) is 0 Å². The summed E-state index contributed by atoms with van der Waals surface area (Å²) in [5.41, 5.74) is 0. The molecule has 3 nitrogen and oxygen atoms in total. The molecule has 3 heterocycles. The van der Waals surface area contributed by atoms with Crippen molar-refractivity contribution in [1.82, 2.24) is 10.2 Å². The average molecular weight is 359 g/mol. The normalized spacial score (nSPS) is 28.5. The first-order valence-electron chi connectivity index (χ1n) is 7.59. The van der Waals surface area contributed by atoms with Crippen molar-refractivity contribution in [1.29, 1.82) is 0 Å². The summed E-state index contributed by atoms with van der Waals surface area (Å²) >= 11 is 5.39. The van der Waals surface area contributed by atoms with Crippen LogP contribution in [0.5, 0.6) is 0 Å². The molecule has 5 heteroatoms. The predicted molar refractivity (Wildman–Crippen MR) is 87.5 cm³/mol. The second kappa shape index (κ2) is 6.88. The zero-order chi connectivity index (χ0) is 13.9. The lowest BCUT2D eigenvalue weighted by molar-refractivity contribution is -0.0640. The van der Waals surface area contributed by atoms with Gasteiger partial charge in [-0.1, -0.05) is 6.92 Å². The van der Waals surface area contributed by atoms with E-state index in [1.54, 1.807) is 0 Å². The van der Waals surface area contributed by atoms with E-state index in [2.05, 4.69) is 45.2 Å². The van der Waals surface area contributed by atoms with Crippen LogP contribution in [0, 0.1) is 0 Å². The first kappa shape index (κ1) is 15.0. The minimum atomic E-state index is 0.324. The molecule has 2 fully saturated rings. The number of thiophene rings is 1. The quantitative estimate of drug-likeness (QED) is 0.875. The highest BCUT2D eigenvalue weighted by Crippen LogP contribution is 2.27. The lowest BCUT2D eigenvalue weighted by Gasteiger charge is -2.39. The van der Waals surface area contributed by atoms with Gasteiger partial charge in [-0.25, -0.2) is 0 Å². The zero-order valence-electron chi connectivity index (χ0n) is 12.0. The summed E-state index contributed by atoms with van der Waals surface area (Å²) in [7, 11) is 0. The summed E-state index contributed by atoms with van der Waals surface area (Å²) in [6, 6.07) is 5.47. The molecule has 3 unspecified atom stereocenters. The van der Waals surface area contributed by atoms with Crippen LogP contribution in [-0.2, 0) is 11.2 Å². The SMILES string of the molecule is CCNC(Cc1ccc(Br)s1)C1CN2CCCC2CO1. The summed E-state index contributed by atoms with van der Waals surface area (Å²) in [5.74, 6) is 0. The Bertz CT molecular complexity index is 439. The number of rotatable bonds is 5. The van der Waals surface area contributed by atoms with Gasteiger partial charge in [-0.05, 0) is 60.4 Å². The molecule has 2 saturated heterocycles. The highest BCUT2D eigenvalue weighted by atomic mass is 79.9. The topological polar surface area (TPSA) is 24.5 Å². The van der Waals surface area contributed by atoms with Crippen LogP contribution < -0.4 is 5.32 Å². The first-order chi connectivity index (χ1) is 9.76. The molecule has 112 valence electrons. The molecule has 3 atom stereocenters. The molecule has 0 aromatic carbocycles. The van der Waals surface area contributed by atoms with Crippen LogP contribution in [0.1, 0.15) is 24.6 Å². The highest BCUT2D eigenvalue weighted by Gasteiger charge is 2.35. The molecule has 0 amide bonds. The van der Waals surface area contributed by atoms with E-state index in [4.69, 9.17) is 4.74 Å². The number of halogens is 1. The summed E-state index contributed by atoms with van der Waals surface area (Å²) in [4.78, 5) is 4.05. The number of hydrogen-bond donors (Lipinski definition) is 1. The number of nitrogens with one attached hydrogen (secondary N) is 1. The van der Waals surface area contributed by atoms with Gasteiger partial charge in [0, 0.05) is 23.5 Å². The molecule has 0 bridgehead atoms. The monoisotopic (exact) mass is 358 g/mol. The molecule has 0 radical (unpaired) electrons. The molecule has 2 aliphatic rings. The molecule has 1 N–H and O–H groups in total. The zero-order valence-corrected chi connectivity index (χ0v) is 14.4. The van der Waals surface area contributed by atoms with Gasteiger partial charge in [0.1, 0.15) is 0 Å². The third-order valence-corrected chi connectivity index (χ3v) is 6.03. The maximum absolute atomic E-state index is 6.17. The Balaban J connectivity index is 1.63. The van der Waals surface area contributed by atoms with Gasteiger partial charge < -0.3 is 10.1 Å². The van der Waals surface area contributed by atoms with E-state index < -0.39 is 0 Å². The van der Waals surface area contributed by atoms with Crippen molar-refractivity contribution < 1.29 is 4.74 Å². The van der Waals surface area contributed by atoms with E-state index in [-0.39, 0.29) is 0 Å². The second-order valence-corrected chi connectivity index (χ2v) is 8.28. The van der Waals surface area contributed by atoms with Crippen LogP contribution in [0.4, 0.5) is 0 Å². The van der Waals surface area contributed by atoms with Gasteiger partial charge in [-0.15, -0.1) is 11.3 Å². The molecule has 0 saturated carbocycles. The van der Waals surface area contributed by atoms with Gasteiger partial charge in [0.25, 0.3) is 0 Å². The van der Waals surface area contributed by atoms with Crippen LogP contribution in [0.15, 0.2) is 15.9 Å². The number of fused-ring (bicyclic) bond motifs is 1. The van der Waals surface area contributed by atoms with E-state index in [1.165, 1.54) is 28.0 Å². The molecule has 0 aliphatic carbocycles. The van der Waals surface area contributed by atoms with Crippen LogP contribution in [0.25, 0.3) is 0 Å². The molecule has 1 aromatic heterocycles. The second-order valence-electron chi connectivity index (χ2n) is 5.74. The van der Waals surface area contributed by atoms with Crippen molar-refractivity contribution >= 4 is 27.3 Å². The fraction of sp³-hybridized carbons (Fsp3) is 0.733. The maximum Gasteiger partial charge on any atom is 0.0859 e. The van der Waals surface area contributed by atoms with E-state index in [9.17, 15) is 0 Å². The largest absolute Gasteiger partial charge is 0.374 e. The lowest BCUT2D eigenvalue weighted by Crippen LogP contribution is -2.54. The summed E-state index contributed by atoms with van der Waals surface area (Å²) in [6.45, 7) is 6.45. The molecular weight excluding hydrogens is 336 g/mol. The van der Waals surface area contributed by atoms with Crippen LogP contribution in [0.2, 0.25) is 0 Å². The average Bonchev–Trinajstić information content (AvgIpc) is 3.06. The molecule has 20 heavy (non-hydrogen) atoms. The first-order valence-corrected chi connectivity index (χ1v) is 9.20. The Hall–Kier alpha value is 0.0600. The van der Waals surface area contributed by atoms with Crippen LogP contribution in [-0.4, -0.2) is 49.3 Å². The summed E-state index contributed by atoms with van der Waals surface area (Å²) in [5, 5.41) is 3.63. The van der Waals surface area contributed by atoms with Gasteiger partial charge in [0.05, 0.1) is 16.5 Å². The number of hydrogen-bond acceptors (Lipinski definition) is 4. The smallest absolute Gasteiger partial charge is 0.0859 e. The summed E-state index contributed by atoms with van der Waals surface area (Å²) < 4.78 is 7.39. The number of ether oxygens (including phenoxy) is 1. The van der Waals surface area contributed by atoms with Gasteiger partial charge in [0.15, 0.2) is 0 Å². The Morgan fingerprint density at radius 3 is 3.20 bits per heavy atom. The van der Waals surface area contributed by atoms with E-state index >= 15 is 0 Å². The van der Waals surface area contributed by atoms with Crippen molar-refractivity contribution in [3.05, 3.63) is 20.8 Å². The van der Waals surface area contributed by atoms with Crippen LogP contribution in [0.3, 0.4) is 0 Å². The Kier molecular flexibility index (Phi) is 5.15. The van der Waals surface area contributed by atoms with Crippen molar-refractivity contribution in [3.63, 3.8) is 0 Å². The highest BCUT2D eigenvalue weighted by molar-refractivity contribution is 9.11. The van der Waals surface area contributed by atoms with Gasteiger partial charge in [0.2, 0.25) is 0 Å². The fourth-order valence-electron chi connectivity index (χ4n) is 3.36. The van der Waals surface area contributed by atoms with Crippen molar-refractivity contribution in [2.75, 3.05) is 26.2 Å². The molecule has 2 aliphatic heterocycles. The maximum atomic E-state index is 6.17. The fourth-order valence-corrected chi connectivity index (χ4v) is 4.90. The van der Waals surface area contributed by atoms with E-state index in [0.717, 1.165) is 26.1 Å². The van der Waals surface area contributed by atoms with E-state index in [1.807, 2.05) is 11.3 Å². The third kappa shape index (κ3) is 3.45. The number of nitrogens with zero attached hydrogens (tertiary/aromatic N) is 1. The molecule has 3 rings (SSSR count). The Morgan fingerprint density at radius 2 is 2.45 bits per heavy atom. The lowest BCUT2D eigenvalue weighted by atomic mass is 10.0. The Labute approximate surface area is 133 Å². The number of likely N-dealkylation sites (N-methyl/N-ethyl adjacent to an activating group) is 1. The van der Waals surface area contributed by atoms with Crippen molar-refractivity contribution in [2.24, 2.45) is 0 Å². The van der Waals surface area contributed by atoms with Gasteiger partial charge >= 0.3 is 0 Å². The number of morpholine rings is 1. The van der Waals surface area contributed by atoms with Crippen molar-refractivity contribution in [2.45, 2.75) is 44.4 Å². The predicted octanol–water partition coefficient (Wildman–Crippen LogP) is 2.89. The molecule has 0 spiro atoms.